The van der Waals surface area contributed by atoms with Gasteiger partial charge in [-0.1, -0.05) is 43.7 Å². The van der Waals surface area contributed by atoms with E-state index in [1.165, 1.54) is 10.5 Å². The number of quaternary nitrogens is 1. The highest BCUT2D eigenvalue weighted by atomic mass is 16.5. The van der Waals surface area contributed by atoms with Crippen LogP contribution >= 0.6 is 0 Å². The number of fused-ring (bicyclic) bond motifs is 3. The molecule has 2 aromatic carbocycles. The molecule has 4 rings (SSSR count). The number of benzene rings is 2. The van der Waals surface area contributed by atoms with Crippen LogP contribution in [0.2, 0.25) is 0 Å². The summed E-state index contributed by atoms with van der Waals surface area (Å²) in [6, 6.07) is 16.1. The monoisotopic (exact) mass is 350 g/mol. The fourth-order valence-electron chi connectivity index (χ4n) is 3.68. The Kier molecular flexibility index (Phi) is 4.76. The number of aryl methyl sites for hydroxylation is 1. The molecule has 2 heterocycles. The van der Waals surface area contributed by atoms with E-state index in [4.69, 9.17) is 9.15 Å². The third-order valence-corrected chi connectivity index (χ3v) is 5.01. The van der Waals surface area contributed by atoms with Crippen molar-refractivity contribution < 1.29 is 14.1 Å². The third kappa shape index (κ3) is 3.37. The average molecular weight is 350 g/mol. The zero-order valence-corrected chi connectivity index (χ0v) is 15.1. The van der Waals surface area contributed by atoms with Gasteiger partial charge in [0.2, 0.25) is 6.73 Å². The summed E-state index contributed by atoms with van der Waals surface area (Å²) in [6.45, 7) is 4.46. The van der Waals surface area contributed by atoms with E-state index in [2.05, 4.69) is 31.2 Å². The van der Waals surface area contributed by atoms with Gasteiger partial charge in [-0.3, -0.25) is 4.90 Å². The molecule has 0 spiro atoms. The van der Waals surface area contributed by atoms with Crippen LogP contribution < -0.4 is 15.3 Å². The number of hydrogen-bond acceptors (Lipinski definition) is 3. The number of rotatable bonds is 5. The Hall–Kier alpha value is -2.59. The molecular formula is C22H24NO3+. The smallest absolute Gasteiger partial charge is 0.336 e. The Labute approximate surface area is 153 Å². The summed E-state index contributed by atoms with van der Waals surface area (Å²) < 4.78 is 11.6. The highest BCUT2D eigenvalue weighted by Gasteiger charge is 2.25. The van der Waals surface area contributed by atoms with Gasteiger partial charge in [0.1, 0.15) is 18.8 Å². The zero-order valence-electron chi connectivity index (χ0n) is 15.1. The van der Waals surface area contributed by atoms with Crippen molar-refractivity contribution in [1.29, 1.82) is 0 Å². The first-order valence-electron chi connectivity index (χ1n) is 9.33. The SMILES string of the molecule is CCCCc1cc(=O)oc2c3c(ccc12)OC[NH+](Cc1ccccc1)C3. The molecule has 26 heavy (non-hydrogen) atoms. The second kappa shape index (κ2) is 7.34. The normalized spacial score (nSPS) is 16.3. The minimum absolute atomic E-state index is 0.271. The van der Waals surface area contributed by atoms with E-state index in [0.29, 0.717) is 12.3 Å². The second-order valence-corrected chi connectivity index (χ2v) is 6.99. The minimum atomic E-state index is -0.271. The second-order valence-electron chi connectivity index (χ2n) is 6.99. The summed E-state index contributed by atoms with van der Waals surface area (Å²) in [6.07, 6.45) is 3.07. The van der Waals surface area contributed by atoms with Gasteiger partial charge in [-0.15, -0.1) is 0 Å². The van der Waals surface area contributed by atoms with Crippen molar-refractivity contribution in [3.05, 3.63) is 75.6 Å². The Morgan fingerprint density at radius 3 is 2.77 bits per heavy atom. The molecule has 1 aromatic heterocycles. The molecule has 4 nitrogen and oxygen atoms in total. The maximum Gasteiger partial charge on any atom is 0.336 e. The van der Waals surface area contributed by atoms with E-state index >= 15 is 0 Å². The molecule has 1 unspecified atom stereocenters. The molecule has 0 aliphatic carbocycles. The van der Waals surface area contributed by atoms with Gasteiger partial charge in [-0.25, -0.2) is 4.79 Å². The van der Waals surface area contributed by atoms with Crippen LogP contribution in [0, 0.1) is 0 Å². The molecular weight excluding hydrogens is 326 g/mol. The van der Waals surface area contributed by atoms with Gasteiger partial charge in [-0.05, 0) is 30.5 Å². The van der Waals surface area contributed by atoms with Crippen LogP contribution in [0.1, 0.15) is 36.5 Å². The first kappa shape index (κ1) is 16.9. The van der Waals surface area contributed by atoms with Crippen LogP contribution in [0.4, 0.5) is 0 Å². The van der Waals surface area contributed by atoms with Crippen LogP contribution in [-0.2, 0) is 19.5 Å². The molecule has 4 heteroatoms. The van der Waals surface area contributed by atoms with Gasteiger partial charge < -0.3 is 9.15 Å². The topological polar surface area (TPSA) is 43.9 Å². The van der Waals surface area contributed by atoms with Crippen molar-refractivity contribution in [3.8, 4) is 5.75 Å². The first-order valence-corrected chi connectivity index (χ1v) is 9.33. The fourth-order valence-corrected chi connectivity index (χ4v) is 3.68. The number of ether oxygens (including phenoxy) is 1. The van der Waals surface area contributed by atoms with E-state index in [9.17, 15) is 4.79 Å². The predicted octanol–water partition coefficient (Wildman–Crippen LogP) is 3.07. The largest absolute Gasteiger partial charge is 0.445 e. The van der Waals surface area contributed by atoms with Crippen molar-refractivity contribution in [3.63, 3.8) is 0 Å². The Morgan fingerprint density at radius 2 is 1.96 bits per heavy atom. The van der Waals surface area contributed by atoms with Gasteiger partial charge in [0.15, 0.2) is 5.58 Å². The van der Waals surface area contributed by atoms with Crippen LogP contribution in [0.3, 0.4) is 0 Å². The molecule has 0 saturated heterocycles. The number of unbranched alkanes of at least 4 members (excludes halogenated alkanes) is 1. The first-order chi connectivity index (χ1) is 12.7. The molecule has 1 aliphatic heterocycles. The quantitative estimate of drug-likeness (QED) is 0.719. The van der Waals surface area contributed by atoms with E-state index < -0.39 is 0 Å². The van der Waals surface area contributed by atoms with Crippen LogP contribution in [0.15, 0.2) is 57.7 Å². The lowest BCUT2D eigenvalue weighted by atomic mass is 10.0. The van der Waals surface area contributed by atoms with Crippen molar-refractivity contribution in [2.45, 2.75) is 39.3 Å². The van der Waals surface area contributed by atoms with E-state index in [0.717, 1.165) is 54.6 Å². The van der Waals surface area contributed by atoms with Crippen LogP contribution in [0.5, 0.6) is 5.75 Å². The standard InChI is InChI=1S/C22H23NO3/c1-2-3-9-17-12-21(24)26-22-18(17)10-11-20-19(22)14-23(15-25-20)13-16-7-5-4-6-8-16/h4-8,10-12H,2-3,9,13-15H2,1H3/p+1. The lowest BCUT2D eigenvalue weighted by molar-refractivity contribution is -0.945. The van der Waals surface area contributed by atoms with Crippen molar-refractivity contribution >= 4 is 11.0 Å². The fraction of sp³-hybridized carbons (Fsp3) is 0.318. The average Bonchev–Trinajstić information content (AvgIpc) is 2.67. The van der Waals surface area contributed by atoms with Gasteiger partial charge in [0.05, 0.1) is 5.56 Å². The number of hydrogen-bond donors (Lipinski definition) is 1. The van der Waals surface area contributed by atoms with Crippen LogP contribution in [-0.4, -0.2) is 6.73 Å². The molecule has 0 bridgehead atoms. The summed E-state index contributed by atoms with van der Waals surface area (Å²) in [5, 5.41) is 1.04. The molecule has 0 saturated carbocycles. The van der Waals surface area contributed by atoms with Crippen molar-refractivity contribution in [1.82, 2.24) is 0 Å². The zero-order chi connectivity index (χ0) is 17.9. The lowest BCUT2D eigenvalue weighted by Gasteiger charge is -2.26. The van der Waals surface area contributed by atoms with Crippen LogP contribution in [0.25, 0.3) is 11.0 Å². The van der Waals surface area contributed by atoms with Crippen molar-refractivity contribution in [2.24, 2.45) is 0 Å². The summed E-state index contributed by atoms with van der Waals surface area (Å²) >= 11 is 0. The lowest BCUT2D eigenvalue weighted by Crippen LogP contribution is -3.10. The van der Waals surface area contributed by atoms with E-state index in [1.54, 1.807) is 6.07 Å². The predicted molar refractivity (Wildman–Crippen MR) is 101 cm³/mol. The number of nitrogens with one attached hydrogen (secondary N) is 1. The molecule has 3 aromatic rings. The molecule has 1 atom stereocenters. The molecule has 1 aliphatic rings. The molecule has 134 valence electrons. The van der Waals surface area contributed by atoms with Gasteiger partial charge in [0, 0.05) is 17.0 Å². The molecule has 0 fully saturated rings. The molecule has 1 N–H and O–H groups in total. The highest BCUT2D eigenvalue weighted by molar-refractivity contribution is 5.85. The maximum atomic E-state index is 12.1. The maximum absolute atomic E-state index is 12.1. The summed E-state index contributed by atoms with van der Waals surface area (Å²) in [5.74, 6) is 0.838. The summed E-state index contributed by atoms with van der Waals surface area (Å²) in [4.78, 5) is 13.4. The van der Waals surface area contributed by atoms with Gasteiger partial charge in [-0.2, -0.15) is 0 Å². The molecule has 0 radical (unpaired) electrons. The minimum Gasteiger partial charge on any atom is -0.445 e. The molecule has 0 amide bonds. The van der Waals surface area contributed by atoms with E-state index in [1.807, 2.05) is 18.2 Å². The Balaban J connectivity index is 1.70. The summed E-state index contributed by atoms with van der Waals surface area (Å²) in [5.41, 5.74) is 3.80. The van der Waals surface area contributed by atoms with Gasteiger partial charge >= 0.3 is 5.63 Å². The highest BCUT2D eigenvalue weighted by Crippen LogP contribution is 2.30. The van der Waals surface area contributed by atoms with E-state index in [-0.39, 0.29) is 5.63 Å². The Morgan fingerprint density at radius 1 is 1.12 bits per heavy atom. The Bertz CT molecular complexity index is 962. The third-order valence-electron chi connectivity index (χ3n) is 5.01. The summed E-state index contributed by atoms with van der Waals surface area (Å²) in [7, 11) is 0. The van der Waals surface area contributed by atoms with Crippen molar-refractivity contribution in [2.75, 3.05) is 6.73 Å². The van der Waals surface area contributed by atoms with Gasteiger partial charge in [0.25, 0.3) is 0 Å².